The number of hydrogen-bond acceptors (Lipinski definition) is 4. The number of rotatable bonds is 4. The van der Waals surface area contributed by atoms with E-state index < -0.39 is 0 Å². The zero-order valence-corrected chi connectivity index (χ0v) is 13.7. The summed E-state index contributed by atoms with van der Waals surface area (Å²) < 4.78 is 0. The highest BCUT2D eigenvalue weighted by molar-refractivity contribution is 14.0. The molecule has 1 aromatic carbocycles. The average molecular weight is 385 g/mol. The number of aromatic amines is 1. The molecular weight excluding hydrogens is 365 g/mol. The first-order chi connectivity index (χ1) is 9.42. The van der Waals surface area contributed by atoms with Gasteiger partial charge in [0, 0.05) is 26.1 Å². The molecule has 108 valence electrons. The highest BCUT2D eigenvalue weighted by Crippen LogP contribution is 2.10. The van der Waals surface area contributed by atoms with E-state index in [-0.39, 0.29) is 24.0 Å². The third kappa shape index (κ3) is 3.84. The molecule has 20 heavy (non-hydrogen) atoms. The van der Waals surface area contributed by atoms with Gasteiger partial charge in [-0.15, -0.1) is 24.0 Å². The van der Waals surface area contributed by atoms with E-state index >= 15 is 0 Å². The smallest absolute Gasteiger partial charge is 0.191 e. The third-order valence-corrected chi connectivity index (χ3v) is 3.22. The molecule has 0 amide bonds. The number of hydrogen-bond donors (Lipinski definition) is 3. The normalized spacial score (nSPS) is 14.3. The van der Waals surface area contributed by atoms with Gasteiger partial charge in [0.1, 0.15) is 5.82 Å². The predicted molar refractivity (Wildman–Crippen MR) is 92.8 cm³/mol. The summed E-state index contributed by atoms with van der Waals surface area (Å²) in [6.07, 6.45) is 3.12. The van der Waals surface area contributed by atoms with Gasteiger partial charge in [-0.05, 0) is 25.0 Å². The molecule has 3 N–H and O–H groups in total. The van der Waals surface area contributed by atoms with Crippen LogP contribution in [0.3, 0.4) is 0 Å². The Labute approximate surface area is 135 Å². The van der Waals surface area contributed by atoms with Crippen LogP contribution in [0.5, 0.6) is 0 Å². The van der Waals surface area contributed by atoms with E-state index in [0.29, 0.717) is 0 Å². The van der Waals surface area contributed by atoms with Crippen LogP contribution < -0.4 is 10.6 Å². The van der Waals surface area contributed by atoms with Gasteiger partial charge in [0.2, 0.25) is 0 Å². The zero-order chi connectivity index (χ0) is 12.9. The van der Waals surface area contributed by atoms with Crippen LogP contribution in [0.2, 0.25) is 0 Å². The van der Waals surface area contributed by atoms with Crippen LogP contribution in [0.25, 0.3) is 11.0 Å². The SMILES string of the molecule is I.c1ccc2[nH]c(CCCNC3=NCCCN3)nc2c1. The number of aliphatic imine (C=N–C) groups is 1. The number of nitrogens with one attached hydrogen (secondary N) is 3. The zero-order valence-electron chi connectivity index (χ0n) is 11.4. The van der Waals surface area contributed by atoms with Crippen molar-refractivity contribution in [1.82, 2.24) is 20.6 Å². The molecule has 0 saturated heterocycles. The maximum atomic E-state index is 4.57. The topological polar surface area (TPSA) is 65.1 Å². The summed E-state index contributed by atoms with van der Waals surface area (Å²) in [4.78, 5) is 12.3. The van der Waals surface area contributed by atoms with Crippen molar-refractivity contribution in [1.29, 1.82) is 0 Å². The van der Waals surface area contributed by atoms with E-state index in [0.717, 1.165) is 61.7 Å². The lowest BCUT2D eigenvalue weighted by Gasteiger charge is -2.15. The molecule has 1 aromatic heterocycles. The minimum absolute atomic E-state index is 0. The molecule has 1 aliphatic rings. The second-order valence-electron chi connectivity index (χ2n) is 4.74. The number of aryl methyl sites for hydroxylation is 1. The fourth-order valence-corrected chi connectivity index (χ4v) is 2.24. The maximum Gasteiger partial charge on any atom is 0.191 e. The van der Waals surface area contributed by atoms with Crippen molar-refractivity contribution in [2.45, 2.75) is 19.3 Å². The molecule has 5 nitrogen and oxygen atoms in total. The first-order valence-corrected chi connectivity index (χ1v) is 6.88. The van der Waals surface area contributed by atoms with Crippen LogP contribution in [-0.2, 0) is 6.42 Å². The van der Waals surface area contributed by atoms with E-state index in [1.54, 1.807) is 0 Å². The van der Waals surface area contributed by atoms with Gasteiger partial charge in [0.25, 0.3) is 0 Å². The van der Waals surface area contributed by atoms with Crippen molar-refractivity contribution in [2.75, 3.05) is 19.6 Å². The fourth-order valence-electron chi connectivity index (χ4n) is 2.24. The van der Waals surface area contributed by atoms with Crippen LogP contribution in [0.15, 0.2) is 29.3 Å². The van der Waals surface area contributed by atoms with Crippen LogP contribution >= 0.6 is 24.0 Å². The minimum Gasteiger partial charge on any atom is -0.356 e. The largest absolute Gasteiger partial charge is 0.356 e. The van der Waals surface area contributed by atoms with E-state index in [2.05, 4.69) is 31.7 Å². The van der Waals surface area contributed by atoms with Gasteiger partial charge in [0.05, 0.1) is 11.0 Å². The van der Waals surface area contributed by atoms with Gasteiger partial charge >= 0.3 is 0 Å². The third-order valence-electron chi connectivity index (χ3n) is 3.22. The summed E-state index contributed by atoms with van der Waals surface area (Å²) in [6, 6.07) is 8.14. The Morgan fingerprint density at radius 1 is 1.25 bits per heavy atom. The Morgan fingerprint density at radius 3 is 2.95 bits per heavy atom. The Balaban J connectivity index is 0.00000147. The summed E-state index contributed by atoms with van der Waals surface area (Å²) in [5.74, 6) is 2.00. The van der Waals surface area contributed by atoms with Crippen LogP contribution in [0.1, 0.15) is 18.7 Å². The van der Waals surface area contributed by atoms with Crippen molar-refractivity contribution in [3.63, 3.8) is 0 Å². The Bertz CT molecular complexity index is 545. The van der Waals surface area contributed by atoms with Crippen molar-refractivity contribution in [3.8, 4) is 0 Å². The van der Waals surface area contributed by atoms with Crippen molar-refractivity contribution >= 4 is 41.0 Å². The van der Waals surface area contributed by atoms with Crippen LogP contribution in [0.4, 0.5) is 0 Å². The minimum atomic E-state index is 0. The summed E-state index contributed by atoms with van der Waals surface area (Å²) >= 11 is 0. The molecule has 1 aliphatic heterocycles. The number of para-hydroxylation sites is 2. The molecule has 6 heteroatoms. The monoisotopic (exact) mass is 385 g/mol. The van der Waals surface area contributed by atoms with Crippen LogP contribution in [-0.4, -0.2) is 35.6 Å². The first kappa shape index (κ1) is 15.1. The second kappa shape index (κ2) is 7.47. The number of benzene rings is 1. The lowest BCUT2D eigenvalue weighted by Crippen LogP contribution is -2.41. The van der Waals surface area contributed by atoms with E-state index in [9.17, 15) is 0 Å². The molecule has 0 saturated carbocycles. The van der Waals surface area contributed by atoms with Gasteiger partial charge in [-0.25, -0.2) is 4.98 Å². The Hall–Kier alpha value is -1.31. The van der Waals surface area contributed by atoms with Gasteiger partial charge in [-0.3, -0.25) is 4.99 Å². The number of halogens is 1. The fraction of sp³-hybridized carbons (Fsp3) is 0.429. The highest BCUT2D eigenvalue weighted by atomic mass is 127. The van der Waals surface area contributed by atoms with Crippen molar-refractivity contribution in [3.05, 3.63) is 30.1 Å². The molecule has 0 radical (unpaired) electrons. The summed E-state index contributed by atoms with van der Waals surface area (Å²) in [6.45, 7) is 2.87. The predicted octanol–water partition coefficient (Wildman–Crippen LogP) is 2.05. The number of nitrogens with zero attached hydrogens (tertiary/aromatic N) is 2. The molecule has 0 bridgehead atoms. The first-order valence-electron chi connectivity index (χ1n) is 6.88. The van der Waals surface area contributed by atoms with Gasteiger partial charge in [-0.1, -0.05) is 12.1 Å². The Morgan fingerprint density at radius 2 is 2.15 bits per heavy atom. The van der Waals surface area contributed by atoms with E-state index in [4.69, 9.17) is 0 Å². The molecule has 0 unspecified atom stereocenters. The van der Waals surface area contributed by atoms with Crippen molar-refractivity contribution in [2.24, 2.45) is 4.99 Å². The maximum absolute atomic E-state index is 4.57. The van der Waals surface area contributed by atoms with E-state index in [1.807, 2.05) is 18.2 Å². The number of H-pyrrole nitrogens is 1. The van der Waals surface area contributed by atoms with Gasteiger partial charge in [-0.2, -0.15) is 0 Å². The summed E-state index contributed by atoms with van der Waals surface area (Å²) in [5.41, 5.74) is 2.16. The molecule has 3 rings (SSSR count). The number of guanidine groups is 1. The lowest BCUT2D eigenvalue weighted by molar-refractivity contribution is 0.681. The molecule has 0 atom stereocenters. The van der Waals surface area contributed by atoms with Crippen molar-refractivity contribution < 1.29 is 0 Å². The lowest BCUT2D eigenvalue weighted by atomic mass is 10.3. The summed E-state index contributed by atoms with van der Waals surface area (Å²) in [5, 5.41) is 6.58. The molecule has 2 heterocycles. The standard InChI is InChI=1S/C14H19N5.HI/c1-2-6-12-11(5-1)18-13(19-12)7-3-8-15-14-16-9-4-10-17-14;/h1-2,5-6H,3-4,7-10H2,(H,18,19)(H2,15,16,17);1H. The van der Waals surface area contributed by atoms with Gasteiger partial charge in [0.15, 0.2) is 5.96 Å². The molecule has 0 spiro atoms. The highest BCUT2D eigenvalue weighted by Gasteiger charge is 2.04. The summed E-state index contributed by atoms with van der Waals surface area (Å²) in [7, 11) is 0. The van der Waals surface area contributed by atoms with E-state index in [1.165, 1.54) is 0 Å². The quantitative estimate of drug-likeness (QED) is 0.558. The second-order valence-corrected chi connectivity index (χ2v) is 4.74. The van der Waals surface area contributed by atoms with Crippen LogP contribution in [0, 0.1) is 0 Å². The Kier molecular flexibility index (Phi) is 5.63. The molecule has 2 aromatic rings. The number of fused-ring (bicyclic) bond motifs is 1. The number of imidazole rings is 1. The van der Waals surface area contributed by atoms with Gasteiger partial charge < -0.3 is 15.6 Å². The molecule has 0 fully saturated rings. The number of aromatic nitrogens is 2. The molecule has 0 aliphatic carbocycles. The average Bonchev–Trinajstić information content (AvgIpc) is 2.87. The molecular formula is C14H20IN5.